The molecule has 1 atom stereocenters. The summed E-state index contributed by atoms with van der Waals surface area (Å²) >= 11 is 6.19. The van der Waals surface area contributed by atoms with Crippen LogP contribution in [0.3, 0.4) is 0 Å². The number of nitrogens with zero attached hydrogens (tertiary/aromatic N) is 2. The van der Waals surface area contributed by atoms with Crippen molar-refractivity contribution in [3.05, 3.63) is 59.1 Å². The molecule has 5 nitrogen and oxygen atoms in total. The molecule has 30 heavy (non-hydrogen) atoms. The lowest BCUT2D eigenvalue weighted by Crippen LogP contribution is -2.35. The van der Waals surface area contributed by atoms with E-state index in [0.29, 0.717) is 18.1 Å². The minimum absolute atomic E-state index is 0.0300. The summed E-state index contributed by atoms with van der Waals surface area (Å²) in [6.45, 7) is 3.44. The van der Waals surface area contributed by atoms with Gasteiger partial charge in [0.15, 0.2) is 0 Å². The number of ether oxygens (including phenoxy) is 2. The second kappa shape index (κ2) is 9.02. The van der Waals surface area contributed by atoms with E-state index in [-0.39, 0.29) is 12.0 Å². The van der Waals surface area contributed by atoms with E-state index in [0.717, 1.165) is 52.9 Å². The number of carbonyl (C=O) groups is 1. The Hall–Kier alpha value is -2.63. The minimum atomic E-state index is 0.0300. The van der Waals surface area contributed by atoms with Crippen LogP contribution >= 0.6 is 11.6 Å². The monoisotopic (exact) mass is 424 g/mol. The second-order valence-electron chi connectivity index (χ2n) is 7.60. The Labute approximate surface area is 181 Å². The van der Waals surface area contributed by atoms with Crippen molar-refractivity contribution in [3.8, 4) is 17.0 Å². The molecule has 6 heteroatoms. The third kappa shape index (κ3) is 4.58. The Bertz CT molecular complexity index is 1050. The number of halogens is 1. The predicted molar refractivity (Wildman–Crippen MR) is 119 cm³/mol. The normalized spacial score (nSPS) is 16.0. The third-order valence-electron chi connectivity index (χ3n) is 5.48. The van der Waals surface area contributed by atoms with Crippen molar-refractivity contribution in [3.63, 3.8) is 0 Å². The topological polar surface area (TPSA) is 51.7 Å². The van der Waals surface area contributed by atoms with Gasteiger partial charge in [-0.3, -0.25) is 4.79 Å². The van der Waals surface area contributed by atoms with Gasteiger partial charge in [-0.05, 0) is 60.9 Å². The van der Waals surface area contributed by atoms with Gasteiger partial charge in [-0.15, -0.1) is 0 Å². The van der Waals surface area contributed by atoms with E-state index in [4.69, 9.17) is 26.1 Å². The molecular weight excluding hydrogens is 400 g/mol. The molecule has 1 aromatic heterocycles. The van der Waals surface area contributed by atoms with Crippen LogP contribution in [-0.4, -0.2) is 42.2 Å². The third-order valence-corrected chi connectivity index (χ3v) is 5.71. The lowest BCUT2D eigenvalue weighted by atomic mass is 10.0. The lowest BCUT2D eigenvalue weighted by molar-refractivity contribution is -0.131. The van der Waals surface area contributed by atoms with Crippen LogP contribution in [-0.2, 0) is 16.1 Å². The first kappa shape index (κ1) is 20.6. The highest BCUT2D eigenvalue weighted by molar-refractivity contribution is 6.31. The number of hydrogen-bond donors (Lipinski definition) is 0. The summed E-state index contributed by atoms with van der Waals surface area (Å²) < 4.78 is 11.0. The van der Waals surface area contributed by atoms with E-state index < -0.39 is 0 Å². The van der Waals surface area contributed by atoms with E-state index in [1.165, 1.54) is 0 Å². The van der Waals surface area contributed by atoms with Gasteiger partial charge < -0.3 is 14.4 Å². The Kier molecular flexibility index (Phi) is 6.21. The zero-order valence-corrected chi connectivity index (χ0v) is 18.0. The fourth-order valence-electron chi connectivity index (χ4n) is 3.85. The van der Waals surface area contributed by atoms with Crippen LogP contribution in [0.1, 0.15) is 25.3 Å². The molecule has 1 saturated heterocycles. The van der Waals surface area contributed by atoms with Crippen LogP contribution in [0.2, 0.25) is 5.02 Å². The maximum absolute atomic E-state index is 12.4. The van der Waals surface area contributed by atoms with Crippen molar-refractivity contribution in [2.24, 2.45) is 0 Å². The molecule has 2 aromatic carbocycles. The maximum atomic E-state index is 12.4. The average molecular weight is 425 g/mol. The van der Waals surface area contributed by atoms with Gasteiger partial charge in [-0.1, -0.05) is 17.7 Å². The van der Waals surface area contributed by atoms with Gasteiger partial charge in [-0.25, -0.2) is 4.98 Å². The van der Waals surface area contributed by atoms with E-state index >= 15 is 0 Å². The summed E-state index contributed by atoms with van der Waals surface area (Å²) in [6, 6.07) is 15.6. The highest BCUT2D eigenvalue weighted by Gasteiger charge is 2.22. The summed E-state index contributed by atoms with van der Waals surface area (Å²) in [7, 11) is 1.65. The largest absolute Gasteiger partial charge is 0.497 e. The molecular formula is C24H25ClN2O3. The lowest BCUT2D eigenvalue weighted by Gasteiger charge is -2.25. The number of benzene rings is 2. The molecule has 0 saturated carbocycles. The molecule has 1 fully saturated rings. The van der Waals surface area contributed by atoms with Gasteiger partial charge >= 0.3 is 0 Å². The molecule has 1 aliphatic rings. The Balaban J connectivity index is 1.75. The fraction of sp³-hybridized carbons (Fsp3) is 0.333. The van der Waals surface area contributed by atoms with E-state index in [1.807, 2.05) is 47.4 Å². The van der Waals surface area contributed by atoms with E-state index in [9.17, 15) is 4.79 Å². The van der Waals surface area contributed by atoms with Crippen LogP contribution in [0.4, 0.5) is 0 Å². The summed E-state index contributed by atoms with van der Waals surface area (Å²) in [5.41, 5.74) is 3.62. The molecule has 0 aliphatic carbocycles. The van der Waals surface area contributed by atoms with Gasteiger partial charge in [-0.2, -0.15) is 0 Å². The number of amides is 1. The Morgan fingerprint density at radius 2 is 2.03 bits per heavy atom. The summed E-state index contributed by atoms with van der Waals surface area (Å²) in [5, 5.41) is 1.64. The SMILES string of the molecule is COc1ccc(-c2nc3cc(Cl)ccc3cc2CN(CC2CCCO2)C(C)=O)cc1. The van der Waals surface area contributed by atoms with Crippen LogP contribution in [0.25, 0.3) is 22.2 Å². The predicted octanol–water partition coefficient (Wildman–Crippen LogP) is 5.09. The number of hydrogen-bond acceptors (Lipinski definition) is 4. The smallest absolute Gasteiger partial charge is 0.219 e. The number of rotatable bonds is 6. The number of fused-ring (bicyclic) bond motifs is 1. The van der Waals surface area contributed by atoms with Gasteiger partial charge in [0.1, 0.15) is 5.75 Å². The second-order valence-corrected chi connectivity index (χ2v) is 8.03. The van der Waals surface area contributed by atoms with Gasteiger partial charge in [0.2, 0.25) is 5.91 Å². The molecule has 0 spiro atoms. The first-order valence-corrected chi connectivity index (χ1v) is 10.5. The number of pyridine rings is 1. The quantitative estimate of drug-likeness (QED) is 0.553. The average Bonchev–Trinajstić information content (AvgIpc) is 3.26. The minimum Gasteiger partial charge on any atom is -0.497 e. The molecule has 1 amide bonds. The van der Waals surface area contributed by atoms with Gasteiger partial charge in [0.05, 0.1) is 24.4 Å². The van der Waals surface area contributed by atoms with Crippen molar-refractivity contribution in [1.82, 2.24) is 9.88 Å². The van der Waals surface area contributed by atoms with Crippen molar-refractivity contribution >= 4 is 28.4 Å². The molecule has 1 aliphatic heterocycles. The number of carbonyl (C=O) groups excluding carboxylic acids is 1. The molecule has 0 N–H and O–H groups in total. The van der Waals surface area contributed by atoms with Gasteiger partial charge in [0.25, 0.3) is 0 Å². The molecule has 156 valence electrons. The maximum Gasteiger partial charge on any atom is 0.219 e. The zero-order valence-electron chi connectivity index (χ0n) is 17.2. The Morgan fingerprint density at radius 1 is 1.23 bits per heavy atom. The van der Waals surface area contributed by atoms with Crippen molar-refractivity contribution in [1.29, 1.82) is 0 Å². The molecule has 0 bridgehead atoms. The van der Waals surface area contributed by atoms with E-state index in [2.05, 4.69) is 6.07 Å². The molecule has 2 heterocycles. The highest BCUT2D eigenvalue weighted by atomic mass is 35.5. The summed E-state index contributed by atoms with van der Waals surface area (Å²) in [5.74, 6) is 0.815. The zero-order chi connectivity index (χ0) is 21.1. The van der Waals surface area contributed by atoms with Gasteiger partial charge in [0, 0.05) is 42.6 Å². The molecule has 1 unspecified atom stereocenters. The highest BCUT2D eigenvalue weighted by Crippen LogP contribution is 2.30. The Morgan fingerprint density at radius 3 is 2.70 bits per heavy atom. The standard InChI is InChI=1S/C24H25ClN2O3/c1-16(28)27(15-22-4-3-11-30-22)14-19-12-18-5-8-20(25)13-23(18)26-24(19)17-6-9-21(29-2)10-7-17/h5-10,12-13,22H,3-4,11,14-15H2,1-2H3. The van der Waals surface area contributed by atoms with Crippen molar-refractivity contribution in [2.45, 2.75) is 32.4 Å². The first-order chi connectivity index (χ1) is 14.5. The van der Waals surface area contributed by atoms with E-state index in [1.54, 1.807) is 14.0 Å². The number of aromatic nitrogens is 1. The molecule has 0 radical (unpaired) electrons. The van der Waals surface area contributed by atoms with Crippen LogP contribution in [0, 0.1) is 0 Å². The van der Waals surface area contributed by atoms with Crippen molar-refractivity contribution in [2.75, 3.05) is 20.3 Å². The van der Waals surface area contributed by atoms with Crippen molar-refractivity contribution < 1.29 is 14.3 Å². The summed E-state index contributed by atoms with van der Waals surface area (Å²) in [6.07, 6.45) is 2.14. The molecule has 3 aromatic rings. The number of methoxy groups -OCH3 is 1. The molecule has 4 rings (SSSR count). The van der Waals surface area contributed by atoms with Crippen LogP contribution in [0.5, 0.6) is 5.75 Å². The fourth-order valence-corrected chi connectivity index (χ4v) is 4.01. The first-order valence-electron chi connectivity index (χ1n) is 10.1. The van der Waals surface area contributed by atoms with Crippen LogP contribution in [0.15, 0.2) is 48.5 Å². The summed E-state index contributed by atoms with van der Waals surface area (Å²) in [4.78, 5) is 19.2. The van der Waals surface area contributed by atoms with Crippen LogP contribution < -0.4 is 4.74 Å².